The number of likely N-dealkylation sites (tertiary alicyclic amines) is 1. The van der Waals surface area contributed by atoms with Gasteiger partial charge in [-0.1, -0.05) is 118 Å². The highest BCUT2D eigenvalue weighted by Crippen LogP contribution is 2.28. The molecule has 1 heterocycles. The Morgan fingerprint density at radius 1 is 0.392 bits per heavy atom. The van der Waals surface area contributed by atoms with Crippen molar-refractivity contribution in [3.05, 3.63) is 65.7 Å². The SMILES string of the molecule is CC(=O)N[C@@H](CCCCNC1C(=O)N(CCCCCC(=O)N[C@@H](Cc2ccc(O)cc2)C(=O)NCC(=O)NCC(=O)N[C@@H](Cc2ccccc2)C(=O)N[C@@H](CC(C)C)C(N)=O)C(=O)C1SC[C@@H](NC(C)=O)C(=O)N[C@@H](CC(C)C)C(=O)N[C@@H](C)C(=O)NCC(=O)N[C@H](C(N)=O)C(C)C)C(=O)N[C@@H](CC(C)C)C(=O)N[C@@H](C)C(=O)NCC(=O)N[C@H](C(N)=O)C(C)C. The molecule has 20 amide bonds. The molecule has 694 valence electrons. The van der Waals surface area contributed by atoms with Crippen molar-refractivity contribution in [2.75, 3.05) is 45.0 Å². The van der Waals surface area contributed by atoms with Crippen molar-refractivity contribution in [3.63, 3.8) is 0 Å². The summed E-state index contributed by atoms with van der Waals surface area (Å²) >= 11 is 0.832. The number of imide groups is 1. The molecule has 2 unspecified atom stereocenters. The summed E-state index contributed by atoms with van der Waals surface area (Å²) in [6, 6.07) is -0.126. The molecule has 23 N–H and O–H groups in total. The van der Waals surface area contributed by atoms with E-state index in [1.807, 2.05) is 13.8 Å². The van der Waals surface area contributed by atoms with Gasteiger partial charge in [-0.25, -0.2) is 0 Å². The van der Waals surface area contributed by atoms with Crippen molar-refractivity contribution < 1.29 is 101 Å². The fraction of sp³-hybridized carbons (Fsp3) is 0.614. The number of nitrogens with two attached hydrogens (primary N) is 3. The summed E-state index contributed by atoms with van der Waals surface area (Å²) < 4.78 is 0. The van der Waals surface area contributed by atoms with E-state index in [1.165, 1.54) is 45.0 Å². The molecule has 3 rings (SSSR count). The van der Waals surface area contributed by atoms with Crippen LogP contribution in [0.1, 0.15) is 172 Å². The average Bonchev–Trinajstić information content (AvgIpc) is 1.65. The number of unbranched alkanes of at least 4 members (excludes halogenated alkanes) is 3. The molecule has 0 radical (unpaired) electrons. The molecular weight excluding hydrogens is 1650 g/mol. The number of benzene rings is 2. The first-order chi connectivity index (χ1) is 58.7. The van der Waals surface area contributed by atoms with Crippen LogP contribution in [0, 0.1) is 29.6 Å². The van der Waals surface area contributed by atoms with E-state index in [0.29, 0.717) is 11.1 Å². The summed E-state index contributed by atoms with van der Waals surface area (Å²) in [4.78, 5) is 267. The second-order valence-electron chi connectivity index (χ2n) is 32.9. The van der Waals surface area contributed by atoms with Crippen LogP contribution in [0.25, 0.3) is 0 Å². The van der Waals surface area contributed by atoms with E-state index in [2.05, 4.69) is 85.1 Å². The van der Waals surface area contributed by atoms with Crippen LogP contribution >= 0.6 is 11.8 Å². The van der Waals surface area contributed by atoms with Crippen molar-refractivity contribution >= 4 is 130 Å². The molecule has 2 aromatic carbocycles. The van der Waals surface area contributed by atoms with Gasteiger partial charge in [0.2, 0.25) is 118 Å². The number of primary amides is 3. The third-order valence-corrected chi connectivity index (χ3v) is 20.9. The number of phenols is 1. The number of hydrogen-bond donors (Lipinski definition) is 20. The summed E-state index contributed by atoms with van der Waals surface area (Å²) in [5, 5.41) is 49.7. The van der Waals surface area contributed by atoms with E-state index in [0.717, 1.165) is 23.6 Å². The molecule has 125 heavy (non-hydrogen) atoms. The predicted octanol–water partition coefficient (Wildman–Crippen LogP) is -3.88. The van der Waals surface area contributed by atoms with Gasteiger partial charge in [0.25, 0.3) is 0 Å². The Labute approximate surface area is 732 Å². The number of phenolic OH excluding ortho intramolecular Hbond substituents is 1. The Kier molecular flexibility index (Phi) is 47.0. The van der Waals surface area contributed by atoms with E-state index in [4.69, 9.17) is 17.2 Å². The Bertz CT molecular complexity index is 4060. The quantitative estimate of drug-likeness (QED) is 0.0222. The van der Waals surface area contributed by atoms with Crippen LogP contribution in [0.3, 0.4) is 0 Å². The molecule has 41 nitrogen and oxygen atoms in total. The van der Waals surface area contributed by atoms with Gasteiger partial charge in [0, 0.05) is 45.4 Å². The molecule has 0 saturated carbocycles. The molecule has 1 aliphatic rings. The van der Waals surface area contributed by atoms with Crippen LogP contribution in [-0.2, 0) is 109 Å². The van der Waals surface area contributed by atoms with E-state index >= 15 is 0 Å². The molecule has 0 spiro atoms. The third-order valence-electron chi connectivity index (χ3n) is 19.6. The summed E-state index contributed by atoms with van der Waals surface area (Å²) in [7, 11) is 0. The van der Waals surface area contributed by atoms with Gasteiger partial charge in [0.15, 0.2) is 0 Å². The maximum absolute atomic E-state index is 14.7. The van der Waals surface area contributed by atoms with Gasteiger partial charge in [0.1, 0.15) is 83.5 Å². The van der Waals surface area contributed by atoms with Gasteiger partial charge < -0.3 is 107 Å². The minimum atomic E-state index is -1.46. The highest BCUT2D eigenvalue weighted by Gasteiger charge is 2.48. The van der Waals surface area contributed by atoms with Gasteiger partial charge in [-0.2, -0.15) is 0 Å². The Morgan fingerprint density at radius 2 is 0.808 bits per heavy atom. The van der Waals surface area contributed by atoms with Crippen LogP contribution in [0.5, 0.6) is 5.75 Å². The van der Waals surface area contributed by atoms with Gasteiger partial charge in [-0.05, 0) is 125 Å². The normalized spacial score (nSPS) is 15.7. The Hall–Kier alpha value is -11.8. The topological polar surface area (TPSA) is 635 Å². The maximum Gasteiger partial charge on any atom is 0.248 e. The molecule has 2 aromatic rings. The van der Waals surface area contributed by atoms with Crippen LogP contribution in [-0.4, -0.2) is 251 Å². The number of thioether (sulfide) groups is 1. The van der Waals surface area contributed by atoms with Crippen LogP contribution in [0.4, 0.5) is 0 Å². The number of aromatic hydroxyl groups is 1. The second kappa shape index (κ2) is 54.7. The van der Waals surface area contributed by atoms with Crippen LogP contribution < -0.4 is 102 Å². The first kappa shape index (κ1) is 107. The highest BCUT2D eigenvalue weighted by atomic mass is 32.2. The molecule has 0 aliphatic carbocycles. The molecule has 0 aromatic heterocycles. The van der Waals surface area contributed by atoms with E-state index < -0.39 is 222 Å². The van der Waals surface area contributed by atoms with Crippen molar-refractivity contribution in [1.29, 1.82) is 0 Å². The predicted molar refractivity (Wildman–Crippen MR) is 461 cm³/mol. The lowest BCUT2D eigenvalue weighted by Crippen LogP contribution is -2.57. The highest BCUT2D eigenvalue weighted by molar-refractivity contribution is 8.00. The smallest absolute Gasteiger partial charge is 0.248 e. The third kappa shape index (κ3) is 40.6. The fourth-order valence-corrected chi connectivity index (χ4v) is 14.3. The summed E-state index contributed by atoms with van der Waals surface area (Å²) in [5.74, 6) is -16.7. The van der Waals surface area contributed by atoms with Crippen molar-refractivity contribution in [1.82, 2.24) is 90.0 Å². The first-order valence-electron chi connectivity index (χ1n) is 41.9. The average molecular weight is 1780 g/mol. The Balaban J connectivity index is 1.85. The van der Waals surface area contributed by atoms with E-state index in [1.54, 1.807) is 85.7 Å². The van der Waals surface area contributed by atoms with E-state index in [9.17, 15) is 101 Å². The maximum atomic E-state index is 14.7. The number of nitrogens with zero attached hydrogens (tertiary/aromatic N) is 1. The zero-order valence-corrected chi connectivity index (χ0v) is 74.5. The van der Waals surface area contributed by atoms with Gasteiger partial charge in [-0.15, -0.1) is 11.8 Å². The van der Waals surface area contributed by atoms with Crippen molar-refractivity contribution in [2.45, 2.75) is 252 Å². The zero-order chi connectivity index (χ0) is 94.1. The van der Waals surface area contributed by atoms with Crippen molar-refractivity contribution in [2.24, 2.45) is 46.8 Å². The molecular formula is C83H130N20O21S. The summed E-state index contributed by atoms with van der Waals surface area (Å²) in [6.45, 7) is 19.7. The zero-order valence-electron chi connectivity index (χ0n) is 73.7. The van der Waals surface area contributed by atoms with Crippen LogP contribution in [0.15, 0.2) is 54.6 Å². The lowest BCUT2D eigenvalue weighted by atomic mass is 10.0. The number of hydrogen-bond acceptors (Lipinski definition) is 23. The number of carbonyl (C=O) groups excluding carboxylic acids is 20. The Morgan fingerprint density at radius 3 is 1.29 bits per heavy atom. The second-order valence-corrected chi connectivity index (χ2v) is 34.0. The largest absolute Gasteiger partial charge is 0.508 e. The van der Waals surface area contributed by atoms with Crippen molar-refractivity contribution in [3.8, 4) is 5.75 Å². The number of amides is 20. The number of carbonyl (C=O) groups is 20. The molecule has 1 fully saturated rings. The lowest BCUT2D eigenvalue weighted by Gasteiger charge is -2.26. The minimum absolute atomic E-state index is 0.00115. The molecule has 1 saturated heterocycles. The first-order valence-corrected chi connectivity index (χ1v) is 43.0. The standard InChI is InChI=1S/C83H130N20O21S/c1-43(2)33-56(71(84)112)98-80(121)60(36-52-23-17-15-18-24-52)97-64(109)39-88-63(108)38-91-76(117)59(37-53-27-29-54(106)30-28-53)96-62(107)26-19-16-22-32-103-82(123)69(87-31-21-20-25-55(94-50(13)104)77(118)99-57(34-44(3)4)78(119)92-48(11)74(115)89-40-65(110)101-67(46(7)8)72(85)113)70(83(103)124)125-42-61(95-51(14)105)81(122)100-58(35-45(5)6)79(120)93-49(12)75(116)90-41-66(111)102-68(47(9)10)73(86)114/h15,17-18,23-24,27-30,43-49,55-61,67-70,87,106H,16,19-22,25-26,31-42H2,1-14H3,(H2,84,112)(H2,85,113)(H2,86,114)(H,88,108)(H,89,115)(H,90,116)(H,91,117)(H,92,119)(H,93,120)(H,94,104)(H,95,105)(H,96,107)(H,97,109)(H,98,121)(H,99,118)(H,100,122)(H,101,110)(H,102,111)/t48-,49-,55-,56-,57-,58-,59-,60-,61+,67-,68-,69?,70?/m0/s1. The molecule has 1 aliphatic heterocycles. The number of rotatable bonds is 57. The molecule has 42 heteroatoms. The van der Waals surface area contributed by atoms with E-state index in [-0.39, 0.29) is 131 Å². The van der Waals surface area contributed by atoms with Gasteiger partial charge in [-0.3, -0.25) is 101 Å². The fourth-order valence-electron chi connectivity index (χ4n) is 13.0. The molecule has 13 atom stereocenters. The lowest BCUT2D eigenvalue weighted by molar-refractivity contribution is -0.139. The van der Waals surface area contributed by atoms with Crippen LogP contribution in [0.2, 0.25) is 0 Å². The monoisotopic (exact) mass is 1770 g/mol. The van der Waals surface area contributed by atoms with Gasteiger partial charge in [0.05, 0.1) is 26.2 Å². The summed E-state index contributed by atoms with van der Waals surface area (Å²) in [6.07, 6.45) is 0.889. The number of nitrogens with one attached hydrogen (secondary N) is 16. The van der Waals surface area contributed by atoms with Gasteiger partial charge >= 0.3 is 0 Å². The summed E-state index contributed by atoms with van der Waals surface area (Å²) in [5.41, 5.74) is 17.5. The minimum Gasteiger partial charge on any atom is -0.508 e. The molecule has 0 bridgehead atoms.